The first-order valence-corrected chi connectivity index (χ1v) is 8.83. The van der Waals surface area contributed by atoms with E-state index in [1.165, 1.54) is 12.8 Å². The maximum atomic E-state index is 12.5. The van der Waals surface area contributed by atoms with Crippen LogP contribution in [0.4, 0.5) is 0 Å². The molecule has 5 heteroatoms. The predicted octanol–water partition coefficient (Wildman–Crippen LogP) is 2.16. The highest BCUT2D eigenvalue weighted by atomic mass is 16.2. The molecule has 5 nitrogen and oxygen atoms in total. The average Bonchev–Trinajstić information content (AvgIpc) is 2.40. The number of hydrogen-bond acceptors (Lipinski definition) is 3. The summed E-state index contributed by atoms with van der Waals surface area (Å²) in [6, 6.07) is -0.0596. The molecule has 0 aromatic rings. The van der Waals surface area contributed by atoms with Gasteiger partial charge in [-0.25, -0.2) is 0 Å². The van der Waals surface area contributed by atoms with Gasteiger partial charge in [-0.05, 0) is 53.0 Å². The number of carbonyl (C=O) groups excluding carboxylic acids is 2. The topological polar surface area (TPSA) is 61.4 Å². The second-order valence-corrected chi connectivity index (χ2v) is 8.27. The first kappa shape index (κ1) is 19.9. The monoisotopic (exact) mass is 325 g/mol. The summed E-state index contributed by atoms with van der Waals surface area (Å²) >= 11 is 0. The smallest absolute Gasteiger partial charge is 0.237 e. The van der Waals surface area contributed by atoms with E-state index in [4.69, 9.17) is 0 Å². The second-order valence-electron chi connectivity index (χ2n) is 8.27. The van der Waals surface area contributed by atoms with Gasteiger partial charge in [0.05, 0.1) is 12.6 Å². The van der Waals surface area contributed by atoms with Crippen LogP contribution in [-0.2, 0) is 9.59 Å². The van der Waals surface area contributed by atoms with E-state index in [9.17, 15) is 9.59 Å². The molecule has 0 bridgehead atoms. The van der Waals surface area contributed by atoms with Gasteiger partial charge in [0.15, 0.2) is 0 Å². The molecule has 1 aliphatic carbocycles. The van der Waals surface area contributed by atoms with Crippen LogP contribution in [0.2, 0.25) is 0 Å². The Kier molecular flexibility index (Phi) is 7.05. The highest BCUT2D eigenvalue weighted by Crippen LogP contribution is 2.29. The molecular weight excluding hydrogens is 290 g/mol. The lowest BCUT2D eigenvalue weighted by Crippen LogP contribution is -2.53. The molecule has 0 saturated heterocycles. The third-order valence-corrected chi connectivity index (χ3v) is 4.98. The first-order valence-electron chi connectivity index (χ1n) is 8.83. The molecule has 0 spiro atoms. The fraction of sp³-hybridized carbons (Fsp3) is 0.889. The molecule has 0 heterocycles. The molecule has 0 aliphatic heterocycles. The normalized spacial score (nSPS) is 26.7. The zero-order valence-corrected chi connectivity index (χ0v) is 15.9. The predicted molar refractivity (Wildman–Crippen MR) is 94.1 cm³/mol. The molecule has 2 amide bonds. The lowest BCUT2D eigenvalue weighted by atomic mass is 9.78. The number of nitrogens with zero attached hydrogens (tertiary/aromatic N) is 1. The molecule has 0 aromatic heterocycles. The Balaban J connectivity index is 2.50. The molecule has 0 unspecified atom stereocenters. The van der Waals surface area contributed by atoms with Crippen LogP contribution >= 0.6 is 0 Å². The molecule has 134 valence electrons. The van der Waals surface area contributed by atoms with E-state index in [0.717, 1.165) is 6.42 Å². The van der Waals surface area contributed by atoms with Crippen LogP contribution in [0, 0.1) is 11.8 Å². The van der Waals surface area contributed by atoms with Gasteiger partial charge in [-0.1, -0.05) is 26.7 Å². The van der Waals surface area contributed by atoms with E-state index in [2.05, 4.69) is 24.5 Å². The minimum atomic E-state index is -0.315. The molecule has 1 saturated carbocycles. The van der Waals surface area contributed by atoms with Crippen LogP contribution in [0.25, 0.3) is 0 Å². The molecular formula is C18H35N3O2. The first-order chi connectivity index (χ1) is 10.5. The Bertz CT molecular complexity index is 417. The van der Waals surface area contributed by atoms with Crippen molar-refractivity contribution >= 4 is 11.8 Å². The zero-order chi connectivity index (χ0) is 17.8. The van der Waals surface area contributed by atoms with Crippen molar-refractivity contribution in [2.24, 2.45) is 11.8 Å². The van der Waals surface area contributed by atoms with Crippen molar-refractivity contribution in [1.29, 1.82) is 0 Å². The molecule has 4 atom stereocenters. The highest BCUT2D eigenvalue weighted by Gasteiger charge is 2.30. The standard InChI is InChI=1S/C18H35N3O2/c1-12-9-8-10-15(13(12)2)19-17(23)14(3)21(7)11-16(22)20-18(4,5)6/h12-15H,8-11H2,1-7H3,(H,19,23)(H,20,22)/t12-,13-,14-,15-/m1/s1. The van der Waals surface area contributed by atoms with Gasteiger partial charge < -0.3 is 10.6 Å². The molecule has 0 radical (unpaired) electrons. The molecule has 2 N–H and O–H groups in total. The third-order valence-electron chi connectivity index (χ3n) is 4.98. The van der Waals surface area contributed by atoms with Crippen LogP contribution in [0.15, 0.2) is 0 Å². The number of amides is 2. The highest BCUT2D eigenvalue weighted by molar-refractivity contribution is 5.83. The number of hydrogen-bond donors (Lipinski definition) is 2. The van der Waals surface area contributed by atoms with Crippen LogP contribution in [0.3, 0.4) is 0 Å². The fourth-order valence-electron chi connectivity index (χ4n) is 3.11. The van der Waals surface area contributed by atoms with Gasteiger partial charge in [-0.2, -0.15) is 0 Å². The van der Waals surface area contributed by atoms with Crippen molar-refractivity contribution in [3.05, 3.63) is 0 Å². The van der Waals surface area contributed by atoms with Crippen molar-refractivity contribution in [2.75, 3.05) is 13.6 Å². The minimum Gasteiger partial charge on any atom is -0.352 e. The van der Waals surface area contributed by atoms with Gasteiger partial charge in [-0.15, -0.1) is 0 Å². The number of rotatable bonds is 5. The van der Waals surface area contributed by atoms with E-state index < -0.39 is 0 Å². The summed E-state index contributed by atoms with van der Waals surface area (Å²) in [6.07, 6.45) is 3.48. The van der Waals surface area contributed by atoms with Gasteiger partial charge in [-0.3, -0.25) is 14.5 Å². The van der Waals surface area contributed by atoms with Crippen LogP contribution < -0.4 is 10.6 Å². The number of nitrogens with one attached hydrogen (secondary N) is 2. The van der Waals surface area contributed by atoms with Crippen molar-refractivity contribution in [2.45, 2.75) is 78.4 Å². The van der Waals surface area contributed by atoms with E-state index in [1.54, 1.807) is 4.90 Å². The zero-order valence-electron chi connectivity index (χ0n) is 15.9. The van der Waals surface area contributed by atoms with Gasteiger partial charge >= 0.3 is 0 Å². The Morgan fingerprint density at radius 3 is 2.39 bits per heavy atom. The summed E-state index contributed by atoms with van der Waals surface area (Å²) in [5.74, 6) is 1.12. The third kappa shape index (κ3) is 6.50. The summed E-state index contributed by atoms with van der Waals surface area (Å²) < 4.78 is 0. The molecule has 0 aromatic carbocycles. The lowest BCUT2D eigenvalue weighted by Gasteiger charge is -2.36. The van der Waals surface area contributed by atoms with Crippen molar-refractivity contribution in [3.63, 3.8) is 0 Å². The summed E-state index contributed by atoms with van der Waals surface area (Å²) in [7, 11) is 1.82. The molecule has 1 aliphatic rings. The lowest BCUT2D eigenvalue weighted by molar-refractivity contribution is -0.129. The Morgan fingerprint density at radius 2 is 1.83 bits per heavy atom. The second kappa shape index (κ2) is 8.13. The summed E-state index contributed by atoms with van der Waals surface area (Å²) in [5, 5.41) is 6.11. The Morgan fingerprint density at radius 1 is 1.22 bits per heavy atom. The van der Waals surface area contributed by atoms with Crippen LogP contribution in [0.5, 0.6) is 0 Å². The van der Waals surface area contributed by atoms with Gasteiger partial charge in [0, 0.05) is 11.6 Å². The molecule has 1 fully saturated rings. The average molecular weight is 325 g/mol. The van der Waals surface area contributed by atoms with Crippen LogP contribution in [-0.4, -0.2) is 47.9 Å². The minimum absolute atomic E-state index is 0.0157. The maximum Gasteiger partial charge on any atom is 0.237 e. The van der Waals surface area contributed by atoms with Gasteiger partial charge in [0.1, 0.15) is 0 Å². The maximum absolute atomic E-state index is 12.5. The number of likely N-dealkylation sites (N-methyl/N-ethyl adjacent to an activating group) is 1. The van der Waals surface area contributed by atoms with E-state index in [0.29, 0.717) is 11.8 Å². The van der Waals surface area contributed by atoms with Crippen LogP contribution in [0.1, 0.15) is 60.8 Å². The van der Waals surface area contributed by atoms with Gasteiger partial charge in [0.25, 0.3) is 0 Å². The Hall–Kier alpha value is -1.10. The van der Waals surface area contributed by atoms with Crippen molar-refractivity contribution in [1.82, 2.24) is 15.5 Å². The SMILES string of the molecule is C[C@@H]1[C@H](C)CCC[C@H]1NC(=O)[C@@H](C)N(C)CC(=O)NC(C)(C)C. The molecule has 1 rings (SSSR count). The Labute approximate surface area is 141 Å². The van der Waals surface area contributed by atoms with E-state index in [-0.39, 0.29) is 36.0 Å². The van der Waals surface area contributed by atoms with Crippen molar-refractivity contribution in [3.8, 4) is 0 Å². The van der Waals surface area contributed by atoms with E-state index in [1.807, 2.05) is 34.7 Å². The molecule has 23 heavy (non-hydrogen) atoms. The summed E-state index contributed by atoms with van der Waals surface area (Å²) in [6.45, 7) is 12.4. The van der Waals surface area contributed by atoms with E-state index >= 15 is 0 Å². The summed E-state index contributed by atoms with van der Waals surface area (Å²) in [5.41, 5.74) is -0.253. The number of carbonyl (C=O) groups is 2. The fourth-order valence-corrected chi connectivity index (χ4v) is 3.11. The quantitative estimate of drug-likeness (QED) is 0.814. The largest absolute Gasteiger partial charge is 0.352 e. The summed E-state index contributed by atoms with van der Waals surface area (Å²) in [4.78, 5) is 26.3. The van der Waals surface area contributed by atoms with Crippen molar-refractivity contribution < 1.29 is 9.59 Å². The van der Waals surface area contributed by atoms with Gasteiger partial charge in [0.2, 0.25) is 11.8 Å².